The van der Waals surface area contributed by atoms with Gasteiger partial charge in [0.2, 0.25) is 0 Å². The molecule has 0 aromatic rings. The lowest BCUT2D eigenvalue weighted by Crippen LogP contribution is -2.24. The molecule has 0 aliphatic rings. The lowest BCUT2D eigenvalue weighted by atomic mass is 10.1. The van der Waals surface area contributed by atoms with Crippen LogP contribution in [0.2, 0.25) is 0 Å². The molecule has 0 aromatic carbocycles. The fourth-order valence-corrected chi connectivity index (χ4v) is 1.21. The summed E-state index contributed by atoms with van der Waals surface area (Å²) in [5.41, 5.74) is 0. The van der Waals surface area contributed by atoms with Crippen LogP contribution in [0.5, 0.6) is 0 Å². The molecule has 0 bridgehead atoms. The van der Waals surface area contributed by atoms with Crippen LogP contribution in [0.3, 0.4) is 0 Å². The van der Waals surface area contributed by atoms with Crippen LogP contribution in [0.25, 0.3) is 0 Å². The van der Waals surface area contributed by atoms with Gasteiger partial charge in [-0.2, -0.15) is 12.6 Å². The van der Waals surface area contributed by atoms with Gasteiger partial charge in [0.05, 0.1) is 0 Å². The topological polar surface area (TPSA) is 3.24 Å². The van der Waals surface area contributed by atoms with Gasteiger partial charge < -0.3 is 4.90 Å². The maximum atomic E-state index is 4.11. The van der Waals surface area contributed by atoms with Gasteiger partial charge in [-0.3, -0.25) is 0 Å². The lowest BCUT2D eigenvalue weighted by Gasteiger charge is -2.18. The number of likely N-dealkylation sites (N-methyl/N-ethyl adjacent to an activating group) is 1. The molecular weight excluding hydrogens is 166 g/mol. The molecular formula is C10H21NS. The highest BCUT2D eigenvalue weighted by Crippen LogP contribution is 2.01. The monoisotopic (exact) mass is 187 g/mol. The lowest BCUT2D eigenvalue weighted by molar-refractivity contribution is 0.307. The summed E-state index contributed by atoms with van der Waals surface area (Å²) in [4.78, 5) is 2.34. The SMILES string of the molecule is CCC(C)CN(C)CC=CCS. The predicted octanol–water partition coefficient (Wildman–Crippen LogP) is 2.45. The molecule has 0 aliphatic heterocycles. The molecule has 0 saturated carbocycles. The van der Waals surface area contributed by atoms with Crippen LogP contribution in [-0.2, 0) is 0 Å². The van der Waals surface area contributed by atoms with Gasteiger partial charge in [0.1, 0.15) is 0 Å². The highest BCUT2D eigenvalue weighted by atomic mass is 32.1. The summed E-state index contributed by atoms with van der Waals surface area (Å²) in [6.45, 7) is 6.76. The molecule has 0 heterocycles. The molecule has 0 spiro atoms. The molecule has 0 saturated heterocycles. The third kappa shape index (κ3) is 6.74. The average molecular weight is 187 g/mol. The molecule has 1 atom stereocenters. The zero-order valence-electron chi connectivity index (χ0n) is 8.45. The molecule has 0 rings (SSSR count). The Morgan fingerprint density at radius 3 is 2.58 bits per heavy atom. The van der Waals surface area contributed by atoms with Crippen LogP contribution < -0.4 is 0 Å². The molecule has 0 fully saturated rings. The van der Waals surface area contributed by atoms with Gasteiger partial charge in [0, 0.05) is 18.8 Å². The first-order valence-corrected chi connectivity index (χ1v) is 5.28. The van der Waals surface area contributed by atoms with E-state index in [2.05, 4.69) is 50.6 Å². The van der Waals surface area contributed by atoms with E-state index in [-0.39, 0.29) is 0 Å². The van der Waals surface area contributed by atoms with Crippen molar-refractivity contribution < 1.29 is 0 Å². The fourth-order valence-electron chi connectivity index (χ4n) is 1.06. The van der Waals surface area contributed by atoms with Gasteiger partial charge in [-0.05, 0) is 13.0 Å². The van der Waals surface area contributed by atoms with Crippen molar-refractivity contribution in [2.45, 2.75) is 20.3 Å². The minimum absolute atomic E-state index is 0.805. The third-order valence-electron chi connectivity index (χ3n) is 2.01. The minimum atomic E-state index is 0.805. The van der Waals surface area contributed by atoms with Crippen LogP contribution in [0.4, 0.5) is 0 Å². The molecule has 1 unspecified atom stereocenters. The van der Waals surface area contributed by atoms with E-state index in [1.807, 2.05) is 0 Å². The first-order valence-electron chi connectivity index (χ1n) is 4.65. The van der Waals surface area contributed by atoms with E-state index in [0.717, 1.165) is 18.2 Å². The van der Waals surface area contributed by atoms with Crippen molar-refractivity contribution in [3.63, 3.8) is 0 Å². The third-order valence-corrected chi connectivity index (χ3v) is 2.22. The average Bonchev–Trinajstić information content (AvgIpc) is 2.05. The van der Waals surface area contributed by atoms with Gasteiger partial charge in [-0.25, -0.2) is 0 Å². The number of nitrogens with zero attached hydrogens (tertiary/aromatic N) is 1. The molecule has 0 amide bonds. The van der Waals surface area contributed by atoms with Crippen molar-refractivity contribution >= 4 is 12.6 Å². The summed E-state index contributed by atoms with van der Waals surface area (Å²) >= 11 is 4.11. The predicted molar refractivity (Wildman–Crippen MR) is 59.9 cm³/mol. The normalized spacial score (nSPS) is 14.4. The second-order valence-electron chi connectivity index (χ2n) is 3.39. The summed E-state index contributed by atoms with van der Waals surface area (Å²) in [6.07, 6.45) is 5.53. The zero-order valence-corrected chi connectivity index (χ0v) is 9.35. The van der Waals surface area contributed by atoms with E-state index in [0.29, 0.717) is 0 Å². The van der Waals surface area contributed by atoms with Crippen molar-refractivity contribution in [3.8, 4) is 0 Å². The van der Waals surface area contributed by atoms with Gasteiger partial charge in [-0.15, -0.1) is 0 Å². The molecule has 1 nitrogen and oxygen atoms in total. The van der Waals surface area contributed by atoms with E-state index in [9.17, 15) is 0 Å². The van der Waals surface area contributed by atoms with Crippen molar-refractivity contribution in [1.82, 2.24) is 4.90 Å². The standard InChI is InChI=1S/C10H21NS/c1-4-10(2)9-11(3)7-5-6-8-12/h5-6,10,12H,4,7-9H2,1-3H3. The fraction of sp³-hybridized carbons (Fsp3) is 0.800. The Labute approximate surface area is 82.2 Å². The minimum Gasteiger partial charge on any atom is -0.302 e. The maximum Gasteiger partial charge on any atom is 0.0160 e. The summed E-state index contributed by atoms with van der Waals surface area (Å²) in [5, 5.41) is 0. The van der Waals surface area contributed by atoms with E-state index in [1.54, 1.807) is 0 Å². The molecule has 72 valence electrons. The van der Waals surface area contributed by atoms with Gasteiger partial charge in [0.25, 0.3) is 0 Å². The number of rotatable bonds is 6. The van der Waals surface area contributed by atoms with Crippen molar-refractivity contribution in [2.75, 3.05) is 25.9 Å². The van der Waals surface area contributed by atoms with Gasteiger partial charge in [-0.1, -0.05) is 32.4 Å². The molecule has 0 N–H and O–H groups in total. The van der Waals surface area contributed by atoms with Crippen LogP contribution in [0, 0.1) is 5.92 Å². The largest absolute Gasteiger partial charge is 0.302 e. The van der Waals surface area contributed by atoms with E-state index in [4.69, 9.17) is 0 Å². The summed E-state index contributed by atoms with van der Waals surface area (Å²) in [6, 6.07) is 0. The first-order chi connectivity index (χ1) is 5.70. The highest BCUT2D eigenvalue weighted by molar-refractivity contribution is 7.80. The number of hydrogen-bond acceptors (Lipinski definition) is 2. The van der Waals surface area contributed by atoms with Crippen molar-refractivity contribution in [3.05, 3.63) is 12.2 Å². The van der Waals surface area contributed by atoms with Gasteiger partial charge >= 0.3 is 0 Å². The smallest absolute Gasteiger partial charge is 0.0160 e. The van der Waals surface area contributed by atoms with Crippen LogP contribution in [0.1, 0.15) is 20.3 Å². The quantitative estimate of drug-likeness (QED) is 0.494. The Balaban J connectivity index is 3.45. The molecule has 0 aliphatic carbocycles. The molecule has 0 radical (unpaired) electrons. The summed E-state index contributed by atoms with van der Waals surface area (Å²) in [7, 11) is 2.16. The first kappa shape index (κ1) is 12.0. The molecule has 2 heteroatoms. The Bertz CT molecular complexity index is 123. The second-order valence-corrected chi connectivity index (χ2v) is 3.75. The zero-order chi connectivity index (χ0) is 9.40. The van der Waals surface area contributed by atoms with E-state index in [1.165, 1.54) is 13.0 Å². The maximum absolute atomic E-state index is 4.11. The second kappa shape index (κ2) is 7.69. The van der Waals surface area contributed by atoms with Gasteiger partial charge in [0.15, 0.2) is 0 Å². The van der Waals surface area contributed by atoms with E-state index >= 15 is 0 Å². The van der Waals surface area contributed by atoms with Crippen molar-refractivity contribution in [1.29, 1.82) is 0 Å². The van der Waals surface area contributed by atoms with Crippen LogP contribution >= 0.6 is 12.6 Å². The molecule has 12 heavy (non-hydrogen) atoms. The summed E-state index contributed by atoms with van der Waals surface area (Å²) < 4.78 is 0. The highest BCUT2D eigenvalue weighted by Gasteiger charge is 2.01. The van der Waals surface area contributed by atoms with E-state index < -0.39 is 0 Å². The Hall–Kier alpha value is 0.0500. The van der Waals surface area contributed by atoms with Crippen LogP contribution in [-0.4, -0.2) is 30.8 Å². The number of hydrogen-bond donors (Lipinski definition) is 1. The number of thiol groups is 1. The Morgan fingerprint density at radius 2 is 2.08 bits per heavy atom. The summed E-state index contributed by atoms with van der Waals surface area (Å²) in [5.74, 6) is 1.65. The Kier molecular flexibility index (Phi) is 7.72. The Morgan fingerprint density at radius 1 is 1.42 bits per heavy atom. The van der Waals surface area contributed by atoms with Crippen molar-refractivity contribution in [2.24, 2.45) is 5.92 Å². The molecule has 0 aromatic heterocycles. The van der Waals surface area contributed by atoms with Crippen LogP contribution in [0.15, 0.2) is 12.2 Å².